The minimum Gasteiger partial charge on any atom is -0.337 e. The molecule has 3 heterocycles. The molecule has 5 nitrogen and oxygen atoms in total. The Bertz CT molecular complexity index is 730. The predicted molar refractivity (Wildman–Crippen MR) is 107 cm³/mol. The smallest absolute Gasteiger partial charge is 0.317 e. The van der Waals surface area contributed by atoms with Crippen LogP contribution in [0.3, 0.4) is 0 Å². The van der Waals surface area contributed by atoms with Gasteiger partial charge in [-0.1, -0.05) is 30.3 Å². The Morgan fingerprint density at radius 2 is 1.74 bits per heavy atom. The van der Waals surface area contributed by atoms with Gasteiger partial charge in [-0.15, -0.1) is 0 Å². The van der Waals surface area contributed by atoms with E-state index in [2.05, 4.69) is 45.5 Å². The Balaban J connectivity index is 1.17. The van der Waals surface area contributed by atoms with Crippen molar-refractivity contribution in [1.29, 1.82) is 0 Å². The van der Waals surface area contributed by atoms with E-state index in [9.17, 15) is 4.79 Å². The van der Waals surface area contributed by atoms with Crippen LogP contribution in [0.15, 0.2) is 54.9 Å². The van der Waals surface area contributed by atoms with E-state index in [1.165, 1.54) is 24.0 Å². The largest absolute Gasteiger partial charge is 0.337 e. The number of aromatic nitrogens is 1. The Morgan fingerprint density at radius 1 is 1.00 bits per heavy atom. The fourth-order valence-electron chi connectivity index (χ4n) is 4.18. The van der Waals surface area contributed by atoms with E-state index in [-0.39, 0.29) is 6.03 Å². The van der Waals surface area contributed by atoms with E-state index >= 15 is 0 Å². The van der Waals surface area contributed by atoms with Crippen molar-refractivity contribution < 1.29 is 4.79 Å². The number of amides is 2. The van der Waals surface area contributed by atoms with Crippen LogP contribution in [0.5, 0.6) is 0 Å². The van der Waals surface area contributed by atoms with Gasteiger partial charge in [0.25, 0.3) is 0 Å². The molecule has 1 aromatic heterocycles. The summed E-state index contributed by atoms with van der Waals surface area (Å²) in [5, 5.41) is 3.09. The van der Waals surface area contributed by atoms with Crippen LogP contribution < -0.4 is 5.32 Å². The number of urea groups is 1. The molecule has 142 valence electrons. The van der Waals surface area contributed by atoms with Crippen molar-refractivity contribution in [2.45, 2.75) is 24.7 Å². The van der Waals surface area contributed by atoms with Crippen molar-refractivity contribution in [2.75, 3.05) is 39.3 Å². The molecule has 0 radical (unpaired) electrons. The van der Waals surface area contributed by atoms with Gasteiger partial charge >= 0.3 is 6.03 Å². The molecule has 4 rings (SSSR count). The third-order valence-electron chi connectivity index (χ3n) is 5.83. The van der Waals surface area contributed by atoms with E-state index in [0.29, 0.717) is 11.8 Å². The monoisotopic (exact) mass is 364 g/mol. The number of piperidine rings is 1. The first-order valence-corrected chi connectivity index (χ1v) is 9.99. The number of hydrogen-bond donors (Lipinski definition) is 1. The number of carbonyl (C=O) groups excluding carboxylic acids is 1. The highest BCUT2D eigenvalue weighted by molar-refractivity contribution is 5.75. The molecule has 1 aromatic carbocycles. The Morgan fingerprint density at radius 3 is 2.52 bits per heavy atom. The van der Waals surface area contributed by atoms with Crippen molar-refractivity contribution >= 4 is 6.03 Å². The number of rotatable bonds is 5. The van der Waals surface area contributed by atoms with Crippen molar-refractivity contribution in [3.05, 3.63) is 66.0 Å². The van der Waals surface area contributed by atoms with Gasteiger partial charge in [0.2, 0.25) is 0 Å². The molecule has 2 aliphatic heterocycles. The van der Waals surface area contributed by atoms with Gasteiger partial charge in [-0.05, 0) is 48.6 Å². The summed E-state index contributed by atoms with van der Waals surface area (Å²) in [6.45, 7) is 5.47. The number of hydrogen-bond acceptors (Lipinski definition) is 3. The maximum absolute atomic E-state index is 12.3. The maximum Gasteiger partial charge on any atom is 0.317 e. The highest BCUT2D eigenvalue weighted by Crippen LogP contribution is 2.27. The zero-order valence-electron chi connectivity index (χ0n) is 15.8. The Kier molecular flexibility index (Phi) is 5.68. The van der Waals surface area contributed by atoms with Crippen molar-refractivity contribution in [1.82, 2.24) is 20.1 Å². The average molecular weight is 364 g/mol. The van der Waals surface area contributed by atoms with Crippen molar-refractivity contribution in [2.24, 2.45) is 0 Å². The molecule has 1 atom stereocenters. The van der Waals surface area contributed by atoms with Crippen LogP contribution in [0.2, 0.25) is 0 Å². The second-order valence-corrected chi connectivity index (χ2v) is 7.66. The van der Waals surface area contributed by atoms with Gasteiger partial charge in [-0.2, -0.15) is 0 Å². The molecule has 2 saturated heterocycles. The summed E-state index contributed by atoms with van der Waals surface area (Å²) in [4.78, 5) is 20.7. The van der Waals surface area contributed by atoms with Crippen LogP contribution in [0.4, 0.5) is 4.79 Å². The van der Waals surface area contributed by atoms with Gasteiger partial charge in [0.1, 0.15) is 0 Å². The molecular formula is C22H28N4O. The quantitative estimate of drug-likeness (QED) is 0.887. The first-order chi connectivity index (χ1) is 13.3. The lowest BCUT2D eigenvalue weighted by Gasteiger charge is -2.39. The minimum absolute atomic E-state index is 0.0666. The predicted octanol–water partition coefficient (Wildman–Crippen LogP) is 3.07. The van der Waals surface area contributed by atoms with Crippen LogP contribution in [-0.2, 0) is 0 Å². The molecule has 5 heteroatoms. The van der Waals surface area contributed by atoms with Gasteiger partial charge in [0.15, 0.2) is 0 Å². The number of benzene rings is 1. The Labute approximate surface area is 161 Å². The topological polar surface area (TPSA) is 48.5 Å². The minimum atomic E-state index is 0.0666. The molecule has 0 spiro atoms. The lowest BCUT2D eigenvalue weighted by atomic mass is 9.91. The summed E-state index contributed by atoms with van der Waals surface area (Å²) < 4.78 is 0. The summed E-state index contributed by atoms with van der Waals surface area (Å²) >= 11 is 0. The van der Waals surface area contributed by atoms with Gasteiger partial charge in [-0.3, -0.25) is 4.98 Å². The number of nitrogens with zero attached hydrogens (tertiary/aromatic N) is 3. The van der Waals surface area contributed by atoms with Gasteiger partial charge < -0.3 is 15.1 Å². The molecule has 0 bridgehead atoms. The lowest BCUT2D eigenvalue weighted by molar-refractivity contribution is 0.148. The van der Waals surface area contributed by atoms with E-state index in [0.717, 1.165) is 39.3 Å². The van der Waals surface area contributed by atoms with Crippen LogP contribution >= 0.6 is 0 Å². The molecule has 2 aliphatic rings. The molecule has 27 heavy (non-hydrogen) atoms. The van der Waals surface area contributed by atoms with Crippen LogP contribution in [0.25, 0.3) is 0 Å². The van der Waals surface area contributed by atoms with E-state index in [4.69, 9.17) is 0 Å². The number of carbonyl (C=O) groups is 1. The van der Waals surface area contributed by atoms with Crippen molar-refractivity contribution in [3.63, 3.8) is 0 Å². The fraction of sp³-hybridized carbons (Fsp3) is 0.455. The molecular weight excluding hydrogens is 336 g/mol. The van der Waals surface area contributed by atoms with E-state index in [1.54, 1.807) is 0 Å². The van der Waals surface area contributed by atoms with E-state index in [1.807, 2.05) is 29.4 Å². The molecule has 1 N–H and O–H groups in total. The van der Waals surface area contributed by atoms with Crippen molar-refractivity contribution in [3.8, 4) is 0 Å². The molecule has 2 aromatic rings. The molecule has 0 saturated carbocycles. The zero-order chi connectivity index (χ0) is 18.5. The number of nitrogens with one attached hydrogen (secondary N) is 1. The second kappa shape index (κ2) is 8.53. The summed E-state index contributed by atoms with van der Waals surface area (Å²) in [5.41, 5.74) is 2.71. The van der Waals surface area contributed by atoms with Gasteiger partial charge in [0, 0.05) is 51.0 Å². The lowest BCUT2D eigenvalue weighted by Crippen LogP contribution is -2.53. The highest BCUT2D eigenvalue weighted by atomic mass is 16.2. The van der Waals surface area contributed by atoms with Gasteiger partial charge in [0.05, 0.1) is 0 Å². The van der Waals surface area contributed by atoms with E-state index < -0.39 is 0 Å². The number of likely N-dealkylation sites (tertiary alicyclic amines) is 2. The standard InChI is InChI=1S/C22H28N4O/c27-22(26-16-21(17-26)19-8-10-23-11-9-19)24-12-14-25-13-4-7-20(15-25)18-5-2-1-3-6-18/h1-3,5-6,8-11,20-21H,4,7,12-17H2,(H,24,27). The highest BCUT2D eigenvalue weighted by Gasteiger charge is 2.31. The van der Waals surface area contributed by atoms with Crippen LogP contribution in [0, 0.1) is 0 Å². The summed E-state index contributed by atoms with van der Waals surface area (Å²) in [6.07, 6.45) is 6.13. The molecule has 0 aliphatic carbocycles. The molecule has 2 amide bonds. The summed E-state index contributed by atoms with van der Waals surface area (Å²) in [6, 6.07) is 14.9. The fourth-order valence-corrected chi connectivity index (χ4v) is 4.18. The third kappa shape index (κ3) is 4.48. The second-order valence-electron chi connectivity index (χ2n) is 7.66. The molecule has 1 unspecified atom stereocenters. The normalized spacial score (nSPS) is 20.9. The Hall–Kier alpha value is -2.40. The maximum atomic E-state index is 12.3. The number of pyridine rings is 1. The molecule has 2 fully saturated rings. The zero-order valence-corrected chi connectivity index (χ0v) is 15.8. The average Bonchev–Trinajstić information content (AvgIpc) is 2.69. The van der Waals surface area contributed by atoms with Crippen LogP contribution in [0.1, 0.15) is 35.8 Å². The van der Waals surface area contributed by atoms with Gasteiger partial charge in [-0.25, -0.2) is 4.79 Å². The van der Waals surface area contributed by atoms with Crippen LogP contribution in [-0.4, -0.2) is 60.1 Å². The summed E-state index contributed by atoms with van der Waals surface area (Å²) in [7, 11) is 0. The third-order valence-corrected chi connectivity index (χ3v) is 5.83. The SMILES string of the molecule is O=C(NCCN1CCCC(c2ccccc2)C1)N1CC(c2ccncc2)C1. The summed E-state index contributed by atoms with van der Waals surface area (Å²) in [5.74, 6) is 1.07. The first-order valence-electron chi connectivity index (χ1n) is 9.99. The first kappa shape index (κ1) is 18.0.